The first kappa shape index (κ1) is 22.3. The van der Waals surface area contributed by atoms with Crippen LogP contribution in [-0.4, -0.2) is 32.3 Å². The molecule has 0 aliphatic carbocycles. The number of nitrogens with one attached hydrogen (secondary N) is 3. The molecule has 8 nitrogen and oxygen atoms in total. The molecule has 0 radical (unpaired) electrons. The van der Waals surface area contributed by atoms with Gasteiger partial charge in [-0.05, 0) is 42.5 Å². The van der Waals surface area contributed by atoms with Crippen molar-refractivity contribution in [1.82, 2.24) is 0 Å². The molecule has 0 unspecified atom stereocenters. The number of ether oxygens (including phenoxy) is 3. The number of amides is 1. The third kappa shape index (κ3) is 5.39. The van der Waals surface area contributed by atoms with Gasteiger partial charge in [0.2, 0.25) is 0 Å². The third-order valence-corrected chi connectivity index (χ3v) is 4.67. The van der Waals surface area contributed by atoms with Crippen LogP contribution in [0.4, 0.5) is 17.1 Å². The Labute approximate surface area is 189 Å². The fourth-order valence-corrected chi connectivity index (χ4v) is 3.17. The molecule has 162 valence electrons. The fraction of sp³-hybridized carbons (Fsp3) is 0.143. The lowest BCUT2D eigenvalue weighted by molar-refractivity contribution is 0.0996. The lowest BCUT2D eigenvalue weighted by Crippen LogP contribution is -2.20. The van der Waals surface area contributed by atoms with Gasteiger partial charge in [-0.25, -0.2) is 0 Å². The second-order valence-electron chi connectivity index (χ2n) is 6.11. The molecule has 31 heavy (non-hydrogen) atoms. The van der Waals surface area contributed by atoms with Gasteiger partial charge in [-0.15, -0.1) is 0 Å². The van der Waals surface area contributed by atoms with E-state index < -0.39 is 0 Å². The van der Waals surface area contributed by atoms with Crippen LogP contribution in [0.3, 0.4) is 0 Å². The van der Waals surface area contributed by atoms with Gasteiger partial charge in [0.05, 0.1) is 44.0 Å². The molecule has 1 heterocycles. The number of benzene rings is 2. The van der Waals surface area contributed by atoms with Crippen LogP contribution in [0.2, 0.25) is 5.02 Å². The number of anilines is 3. The van der Waals surface area contributed by atoms with Crippen molar-refractivity contribution in [2.75, 3.05) is 37.3 Å². The molecule has 1 aromatic heterocycles. The van der Waals surface area contributed by atoms with E-state index in [0.29, 0.717) is 39.3 Å². The highest BCUT2D eigenvalue weighted by Gasteiger charge is 2.14. The summed E-state index contributed by atoms with van der Waals surface area (Å²) in [5.41, 5.74) is 1.69. The Morgan fingerprint density at radius 1 is 0.903 bits per heavy atom. The topological polar surface area (TPSA) is 94.0 Å². The largest absolute Gasteiger partial charge is 0.495 e. The zero-order valence-electron chi connectivity index (χ0n) is 16.9. The first-order valence-electron chi connectivity index (χ1n) is 8.97. The molecule has 0 fully saturated rings. The van der Waals surface area contributed by atoms with E-state index in [2.05, 4.69) is 16.0 Å². The Morgan fingerprint density at radius 2 is 1.58 bits per heavy atom. The van der Waals surface area contributed by atoms with Crippen LogP contribution in [-0.2, 0) is 0 Å². The summed E-state index contributed by atoms with van der Waals surface area (Å²) in [5, 5.41) is 9.52. The number of hydrogen-bond acceptors (Lipinski definition) is 6. The second-order valence-corrected chi connectivity index (χ2v) is 6.93. The Morgan fingerprint density at radius 3 is 2.23 bits per heavy atom. The molecular weight excluding hydrogens is 442 g/mol. The molecule has 0 aliphatic heterocycles. The van der Waals surface area contributed by atoms with E-state index in [0.717, 1.165) is 0 Å². The zero-order valence-corrected chi connectivity index (χ0v) is 18.5. The van der Waals surface area contributed by atoms with Gasteiger partial charge in [-0.2, -0.15) is 0 Å². The number of carbonyl (C=O) groups excluding carboxylic acids is 1. The summed E-state index contributed by atoms with van der Waals surface area (Å²) in [6, 6.07) is 11.6. The van der Waals surface area contributed by atoms with Gasteiger partial charge >= 0.3 is 0 Å². The lowest BCUT2D eigenvalue weighted by Gasteiger charge is -2.17. The smallest absolute Gasteiger partial charge is 0.291 e. The predicted molar refractivity (Wildman–Crippen MR) is 124 cm³/mol. The van der Waals surface area contributed by atoms with Crippen LogP contribution >= 0.6 is 23.8 Å². The van der Waals surface area contributed by atoms with E-state index >= 15 is 0 Å². The first-order chi connectivity index (χ1) is 14.9. The van der Waals surface area contributed by atoms with Crippen molar-refractivity contribution < 1.29 is 23.4 Å². The van der Waals surface area contributed by atoms with Crippen molar-refractivity contribution in [2.24, 2.45) is 0 Å². The van der Waals surface area contributed by atoms with Crippen LogP contribution in [0, 0.1) is 0 Å². The van der Waals surface area contributed by atoms with Crippen molar-refractivity contribution >= 4 is 51.9 Å². The fourth-order valence-electron chi connectivity index (χ4n) is 2.71. The lowest BCUT2D eigenvalue weighted by atomic mass is 10.2. The van der Waals surface area contributed by atoms with Crippen LogP contribution in [0.1, 0.15) is 10.6 Å². The summed E-state index contributed by atoms with van der Waals surface area (Å²) >= 11 is 11.6. The van der Waals surface area contributed by atoms with E-state index in [1.165, 1.54) is 27.6 Å². The monoisotopic (exact) mass is 461 g/mol. The quantitative estimate of drug-likeness (QED) is 0.422. The maximum Gasteiger partial charge on any atom is 0.291 e. The Bertz CT molecular complexity index is 1090. The maximum atomic E-state index is 12.2. The first-order valence-corrected chi connectivity index (χ1v) is 9.76. The number of methoxy groups -OCH3 is 3. The molecule has 10 heteroatoms. The molecule has 0 bridgehead atoms. The molecule has 0 spiro atoms. The van der Waals surface area contributed by atoms with Gasteiger partial charge in [0, 0.05) is 17.8 Å². The van der Waals surface area contributed by atoms with Crippen molar-refractivity contribution in [3.63, 3.8) is 0 Å². The zero-order chi connectivity index (χ0) is 22.4. The van der Waals surface area contributed by atoms with E-state index in [4.69, 9.17) is 42.4 Å². The number of thiocarbonyl (C=S) groups is 1. The molecule has 0 saturated carbocycles. The molecular formula is C21H20ClN3O5S. The third-order valence-electron chi connectivity index (χ3n) is 4.17. The maximum absolute atomic E-state index is 12.2. The number of carbonyl (C=O) groups is 1. The van der Waals surface area contributed by atoms with Crippen LogP contribution < -0.4 is 30.2 Å². The van der Waals surface area contributed by atoms with Gasteiger partial charge < -0.3 is 34.6 Å². The summed E-state index contributed by atoms with van der Waals surface area (Å²) in [5.74, 6) is 1.30. The van der Waals surface area contributed by atoms with Gasteiger partial charge in [0.1, 0.15) is 17.2 Å². The Balaban J connectivity index is 1.73. The molecule has 1 amide bonds. The average molecular weight is 462 g/mol. The highest BCUT2D eigenvalue weighted by atomic mass is 35.5. The predicted octanol–water partition coefficient (Wildman–Crippen LogP) is 5.02. The molecule has 2 aromatic carbocycles. The normalized spacial score (nSPS) is 10.2. The highest BCUT2D eigenvalue weighted by molar-refractivity contribution is 7.80. The van der Waals surface area contributed by atoms with E-state index in [1.807, 2.05) is 0 Å². The standard InChI is InChI=1S/C21H20ClN3O5S/c1-27-17-11-19(29-3)15(10-13(17)22)25-21(31)24-14-7-6-12(9-18(14)28-2)23-20(26)16-5-4-8-30-16/h4-11H,1-3H3,(H,23,26)(H2,24,25,31). The number of furan rings is 1. The summed E-state index contributed by atoms with van der Waals surface area (Å²) in [6.07, 6.45) is 1.43. The molecule has 0 saturated heterocycles. The summed E-state index contributed by atoms with van der Waals surface area (Å²) in [6.45, 7) is 0. The molecule has 3 aromatic rings. The summed E-state index contributed by atoms with van der Waals surface area (Å²) in [4.78, 5) is 12.2. The van der Waals surface area contributed by atoms with Gasteiger partial charge in [0.15, 0.2) is 10.9 Å². The van der Waals surface area contributed by atoms with E-state index in [-0.39, 0.29) is 16.8 Å². The second kappa shape index (κ2) is 10.1. The summed E-state index contributed by atoms with van der Waals surface area (Å²) < 4.78 is 21.1. The number of rotatable bonds is 7. The molecule has 0 atom stereocenters. The van der Waals surface area contributed by atoms with Gasteiger partial charge in [0.25, 0.3) is 5.91 Å². The van der Waals surface area contributed by atoms with Crippen molar-refractivity contribution in [2.45, 2.75) is 0 Å². The van der Waals surface area contributed by atoms with Gasteiger partial charge in [-0.1, -0.05) is 11.6 Å². The molecule has 3 rings (SSSR count). The van der Waals surface area contributed by atoms with Crippen molar-refractivity contribution in [3.8, 4) is 17.2 Å². The Kier molecular flexibility index (Phi) is 7.22. The van der Waals surface area contributed by atoms with E-state index in [1.54, 1.807) is 42.5 Å². The van der Waals surface area contributed by atoms with Gasteiger partial charge in [-0.3, -0.25) is 4.79 Å². The molecule has 3 N–H and O–H groups in total. The highest BCUT2D eigenvalue weighted by Crippen LogP contribution is 2.36. The van der Waals surface area contributed by atoms with E-state index in [9.17, 15) is 4.79 Å². The van der Waals surface area contributed by atoms with Crippen LogP contribution in [0.5, 0.6) is 17.2 Å². The average Bonchev–Trinajstić information content (AvgIpc) is 3.30. The Hall–Kier alpha value is -3.43. The number of halogens is 1. The van der Waals surface area contributed by atoms with Crippen molar-refractivity contribution in [3.05, 3.63) is 59.5 Å². The summed E-state index contributed by atoms with van der Waals surface area (Å²) in [7, 11) is 4.57. The van der Waals surface area contributed by atoms with Crippen LogP contribution in [0.25, 0.3) is 0 Å². The minimum Gasteiger partial charge on any atom is -0.495 e. The van der Waals surface area contributed by atoms with Crippen molar-refractivity contribution in [1.29, 1.82) is 0 Å². The minimum atomic E-state index is -0.367. The SMILES string of the molecule is COc1cc(OC)c(NC(=S)Nc2ccc(NC(=O)c3ccco3)cc2OC)cc1Cl. The number of hydrogen-bond donors (Lipinski definition) is 3. The minimum absolute atomic E-state index is 0.207. The molecule has 0 aliphatic rings. The van der Waals surface area contributed by atoms with Crippen LogP contribution in [0.15, 0.2) is 53.1 Å².